The summed E-state index contributed by atoms with van der Waals surface area (Å²) < 4.78 is 39.5. The molecule has 2 N–H and O–H groups in total. The lowest BCUT2D eigenvalue weighted by Gasteiger charge is -2.10. The number of rotatable bonds is 8. The Morgan fingerprint density at radius 1 is 1.21 bits per heavy atom. The highest BCUT2D eigenvalue weighted by atomic mass is 35.5. The number of aliphatic hydroxyl groups excluding tert-OH is 1. The number of aliphatic hydroxyl groups is 1. The molecule has 0 aliphatic carbocycles. The fraction of sp³-hybridized carbons (Fsp3) is 0.222. The lowest BCUT2D eigenvalue weighted by molar-refractivity contribution is -0.0512. The van der Waals surface area contributed by atoms with Crippen LogP contribution in [0.5, 0.6) is 11.5 Å². The first-order valence-electron chi connectivity index (χ1n) is 8.09. The highest BCUT2D eigenvalue weighted by Crippen LogP contribution is 2.32. The second-order valence-electron chi connectivity index (χ2n) is 5.58. The standard InChI is InChI=1S/C18H16ClF2N3O4/c1-26-15-7-11(3-5-14(15)27-18(20)21)17-23-16(28-24-17)8-22-13-6-10(9-25)2-4-12(13)19/h2-7,18,22,25H,8-9H2,1H3. The Morgan fingerprint density at radius 3 is 2.75 bits per heavy atom. The lowest BCUT2D eigenvalue weighted by atomic mass is 10.2. The molecule has 0 saturated heterocycles. The van der Waals surface area contributed by atoms with Crippen LogP contribution < -0.4 is 14.8 Å². The van der Waals surface area contributed by atoms with Crippen molar-refractivity contribution in [3.63, 3.8) is 0 Å². The van der Waals surface area contributed by atoms with Gasteiger partial charge in [0.25, 0.3) is 0 Å². The summed E-state index contributed by atoms with van der Waals surface area (Å²) in [5, 5.41) is 16.6. The Bertz CT molecular complexity index is 952. The van der Waals surface area contributed by atoms with Crippen LogP contribution in [0, 0.1) is 0 Å². The molecule has 3 rings (SSSR count). The molecule has 0 unspecified atom stereocenters. The Hall–Kier alpha value is -2.91. The minimum absolute atomic E-state index is 0.0926. The quantitative estimate of drug-likeness (QED) is 0.576. The Morgan fingerprint density at radius 2 is 2.04 bits per heavy atom. The van der Waals surface area contributed by atoms with Crippen LogP contribution in [0.25, 0.3) is 11.4 Å². The Labute approximate surface area is 163 Å². The van der Waals surface area contributed by atoms with Crippen molar-refractivity contribution in [1.82, 2.24) is 10.1 Å². The van der Waals surface area contributed by atoms with Crippen molar-refractivity contribution >= 4 is 17.3 Å². The molecule has 0 fully saturated rings. The van der Waals surface area contributed by atoms with Crippen molar-refractivity contribution in [3.05, 3.63) is 52.9 Å². The number of hydrogen-bond acceptors (Lipinski definition) is 7. The van der Waals surface area contributed by atoms with Gasteiger partial charge in [-0.15, -0.1) is 0 Å². The molecule has 0 saturated carbocycles. The van der Waals surface area contributed by atoms with Crippen LogP contribution in [0.15, 0.2) is 40.9 Å². The Kier molecular flexibility index (Phi) is 6.27. The number of nitrogens with one attached hydrogen (secondary N) is 1. The predicted octanol–water partition coefficient (Wildman–Crippen LogP) is 4.10. The van der Waals surface area contributed by atoms with Crippen LogP contribution in [0.1, 0.15) is 11.5 Å². The van der Waals surface area contributed by atoms with E-state index in [1.54, 1.807) is 18.2 Å². The number of ether oxygens (including phenoxy) is 2. The smallest absolute Gasteiger partial charge is 0.387 e. The van der Waals surface area contributed by atoms with Crippen molar-refractivity contribution in [2.24, 2.45) is 0 Å². The van der Waals surface area contributed by atoms with E-state index in [2.05, 4.69) is 20.2 Å². The van der Waals surface area contributed by atoms with Gasteiger partial charge in [0, 0.05) is 5.56 Å². The predicted molar refractivity (Wildman–Crippen MR) is 97.6 cm³/mol. The van der Waals surface area contributed by atoms with Gasteiger partial charge in [-0.05, 0) is 35.9 Å². The van der Waals surface area contributed by atoms with Gasteiger partial charge in [-0.3, -0.25) is 0 Å². The number of alkyl halides is 2. The van der Waals surface area contributed by atoms with Gasteiger partial charge in [-0.2, -0.15) is 13.8 Å². The molecule has 0 spiro atoms. The molecule has 28 heavy (non-hydrogen) atoms. The van der Waals surface area contributed by atoms with Crippen molar-refractivity contribution < 1.29 is 27.9 Å². The van der Waals surface area contributed by atoms with Crippen LogP contribution in [0.4, 0.5) is 14.5 Å². The molecule has 2 aromatic carbocycles. The molecule has 7 nitrogen and oxygen atoms in total. The van der Waals surface area contributed by atoms with Gasteiger partial charge in [0.15, 0.2) is 11.5 Å². The van der Waals surface area contributed by atoms with E-state index in [1.807, 2.05) is 0 Å². The number of benzene rings is 2. The number of halogens is 3. The van der Waals surface area contributed by atoms with E-state index in [-0.39, 0.29) is 36.4 Å². The number of methoxy groups -OCH3 is 1. The van der Waals surface area contributed by atoms with Crippen molar-refractivity contribution in [2.45, 2.75) is 19.8 Å². The van der Waals surface area contributed by atoms with E-state index in [9.17, 15) is 13.9 Å². The third kappa shape index (κ3) is 4.68. The summed E-state index contributed by atoms with van der Waals surface area (Å²) in [6.07, 6.45) is 0. The van der Waals surface area contributed by atoms with E-state index in [0.717, 1.165) is 0 Å². The molecular formula is C18H16ClF2N3O4. The Balaban J connectivity index is 1.73. The zero-order valence-electron chi connectivity index (χ0n) is 14.7. The van der Waals surface area contributed by atoms with Crippen molar-refractivity contribution in [2.75, 3.05) is 12.4 Å². The normalized spacial score (nSPS) is 10.9. The maximum absolute atomic E-state index is 12.4. The first-order valence-corrected chi connectivity index (χ1v) is 8.47. The van der Waals surface area contributed by atoms with Gasteiger partial charge in [0.05, 0.1) is 31.0 Å². The first kappa shape index (κ1) is 19.8. The summed E-state index contributed by atoms with van der Waals surface area (Å²) in [6, 6.07) is 9.43. The topological polar surface area (TPSA) is 89.6 Å². The summed E-state index contributed by atoms with van der Waals surface area (Å²) in [7, 11) is 1.34. The fourth-order valence-electron chi connectivity index (χ4n) is 2.42. The van der Waals surface area contributed by atoms with E-state index in [4.69, 9.17) is 20.9 Å². The average Bonchev–Trinajstić information content (AvgIpc) is 3.16. The van der Waals surface area contributed by atoms with Crippen LogP contribution in [-0.2, 0) is 13.2 Å². The van der Waals surface area contributed by atoms with Crippen LogP contribution in [-0.4, -0.2) is 29.0 Å². The lowest BCUT2D eigenvalue weighted by Crippen LogP contribution is -2.03. The highest BCUT2D eigenvalue weighted by Gasteiger charge is 2.15. The zero-order chi connectivity index (χ0) is 20.1. The van der Waals surface area contributed by atoms with Gasteiger partial charge < -0.3 is 24.4 Å². The summed E-state index contributed by atoms with van der Waals surface area (Å²) >= 11 is 6.11. The first-order chi connectivity index (χ1) is 13.5. The minimum atomic E-state index is -2.96. The summed E-state index contributed by atoms with van der Waals surface area (Å²) in [5.41, 5.74) is 1.83. The summed E-state index contributed by atoms with van der Waals surface area (Å²) in [6.45, 7) is -2.87. The molecule has 1 heterocycles. The maximum Gasteiger partial charge on any atom is 0.387 e. The van der Waals surface area contributed by atoms with E-state index >= 15 is 0 Å². The largest absolute Gasteiger partial charge is 0.493 e. The second-order valence-corrected chi connectivity index (χ2v) is 5.99. The summed E-state index contributed by atoms with van der Waals surface area (Å²) in [5.74, 6) is 0.571. The van der Waals surface area contributed by atoms with Gasteiger partial charge >= 0.3 is 6.61 Å². The number of aromatic nitrogens is 2. The maximum atomic E-state index is 12.4. The third-order valence-corrected chi connectivity index (χ3v) is 4.08. The molecule has 0 bridgehead atoms. The third-order valence-electron chi connectivity index (χ3n) is 3.75. The van der Waals surface area contributed by atoms with Gasteiger partial charge in [-0.25, -0.2) is 0 Å². The van der Waals surface area contributed by atoms with Crippen LogP contribution in [0.2, 0.25) is 5.02 Å². The van der Waals surface area contributed by atoms with Crippen LogP contribution >= 0.6 is 11.6 Å². The minimum Gasteiger partial charge on any atom is -0.493 e. The second kappa shape index (κ2) is 8.85. The molecule has 0 atom stereocenters. The van der Waals surface area contributed by atoms with Crippen LogP contribution in [0.3, 0.4) is 0 Å². The number of nitrogens with zero attached hydrogens (tertiary/aromatic N) is 2. The molecule has 0 amide bonds. The van der Waals surface area contributed by atoms with E-state index in [0.29, 0.717) is 21.8 Å². The molecular weight excluding hydrogens is 396 g/mol. The molecule has 0 aliphatic heterocycles. The summed E-state index contributed by atoms with van der Waals surface area (Å²) in [4.78, 5) is 4.26. The van der Waals surface area contributed by atoms with Gasteiger partial charge in [0.1, 0.15) is 0 Å². The molecule has 1 aromatic heterocycles. The molecule has 0 aliphatic rings. The van der Waals surface area contributed by atoms with E-state index in [1.165, 1.54) is 25.3 Å². The highest BCUT2D eigenvalue weighted by molar-refractivity contribution is 6.33. The zero-order valence-corrected chi connectivity index (χ0v) is 15.4. The number of anilines is 1. The molecule has 148 valence electrons. The fourth-order valence-corrected chi connectivity index (χ4v) is 2.61. The van der Waals surface area contributed by atoms with E-state index < -0.39 is 6.61 Å². The average molecular weight is 412 g/mol. The molecule has 0 radical (unpaired) electrons. The monoisotopic (exact) mass is 411 g/mol. The van der Waals surface area contributed by atoms with Gasteiger partial charge in [0.2, 0.25) is 11.7 Å². The molecule has 10 heteroatoms. The van der Waals surface area contributed by atoms with Crippen molar-refractivity contribution in [1.29, 1.82) is 0 Å². The van der Waals surface area contributed by atoms with Crippen molar-refractivity contribution in [3.8, 4) is 22.9 Å². The SMILES string of the molecule is COc1cc(-c2noc(CNc3cc(CO)ccc3Cl)n2)ccc1OC(F)F. The molecule has 3 aromatic rings. The number of hydrogen-bond donors (Lipinski definition) is 2. The van der Waals surface area contributed by atoms with Gasteiger partial charge in [-0.1, -0.05) is 22.8 Å².